The van der Waals surface area contributed by atoms with Gasteiger partial charge in [-0.2, -0.15) is 10.1 Å². The normalized spacial score (nSPS) is 18.3. The third-order valence-electron chi connectivity index (χ3n) is 7.16. The van der Waals surface area contributed by atoms with Gasteiger partial charge in [-0.15, -0.1) is 0 Å². The molecule has 2 aliphatic rings. The van der Waals surface area contributed by atoms with Crippen LogP contribution < -0.4 is 19.5 Å². The standard InChI is InChI=1S/C30H28N4O4/c1-36-26-12-11-20(16-27(26)37-2)22-14-24-28(25(35)15-22)29(34-30(33-24)31-18-32-34)21-9-6-10-23(13-21)38-17-19-7-4-3-5-8-19/h3-13,16,18,22,29H,14-15,17H2,1-2H3,(H,31,32,33). The number of benzene rings is 3. The Balaban J connectivity index is 1.33. The van der Waals surface area contributed by atoms with Crippen LogP contribution >= 0.6 is 0 Å². The Kier molecular flexibility index (Phi) is 6.29. The van der Waals surface area contributed by atoms with Gasteiger partial charge in [0.2, 0.25) is 5.95 Å². The lowest BCUT2D eigenvalue weighted by Gasteiger charge is -2.35. The molecule has 1 aromatic heterocycles. The van der Waals surface area contributed by atoms with Crippen molar-refractivity contribution >= 4 is 11.7 Å². The molecular weight excluding hydrogens is 480 g/mol. The lowest BCUT2D eigenvalue weighted by atomic mass is 9.78. The van der Waals surface area contributed by atoms with Gasteiger partial charge in [-0.25, -0.2) is 4.68 Å². The molecule has 2 heterocycles. The van der Waals surface area contributed by atoms with E-state index in [1.54, 1.807) is 18.9 Å². The molecule has 8 heteroatoms. The summed E-state index contributed by atoms with van der Waals surface area (Å²) in [6.07, 6.45) is 2.57. The molecule has 1 aliphatic heterocycles. The Labute approximate surface area is 220 Å². The average Bonchev–Trinajstić information content (AvgIpc) is 3.43. The highest BCUT2D eigenvalue weighted by Gasteiger charge is 2.39. The number of ether oxygens (including phenoxy) is 3. The van der Waals surface area contributed by atoms with Crippen molar-refractivity contribution in [1.29, 1.82) is 0 Å². The minimum Gasteiger partial charge on any atom is -0.493 e. The van der Waals surface area contributed by atoms with Gasteiger partial charge in [0.15, 0.2) is 17.3 Å². The number of methoxy groups -OCH3 is 2. The zero-order chi connectivity index (χ0) is 26.1. The van der Waals surface area contributed by atoms with Gasteiger partial charge in [0.25, 0.3) is 0 Å². The van der Waals surface area contributed by atoms with Gasteiger partial charge in [0, 0.05) is 17.7 Å². The van der Waals surface area contributed by atoms with Gasteiger partial charge in [0.05, 0.1) is 14.2 Å². The van der Waals surface area contributed by atoms with Crippen molar-refractivity contribution in [2.45, 2.75) is 31.4 Å². The zero-order valence-corrected chi connectivity index (χ0v) is 21.3. The number of allylic oxidation sites excluding steroid dienone is 2. The van der Waals surface area contributed by atoms with Gasteiger partial charge in [-0.3, -0.25) is 4.79 Å². The zero-order valence-electron chi connectivity index (χ0n) is 21.3. The first-order valence-electron chi connectivity index (χ1n) is 12.6. The molecule has 0 fully saturated rings. The third-order valence-corrected chi connectivity index (χ3v) is 7.16. The average molecular weight is 509 g/mol. The number of Topliss-reactive ketones (excluding diaryl/α,β-unsaturated/α-hetero) is 1. The van der Waals surface area contributed by atoms with Crippen molar-refractivity contribution in [2.75, 3.05) is 19.5 Å². The van der Waals surface area contributed by atoms with Crippen LogP contribution in [0.4, 0.5) is 5.95 Å². The number of rotatable bonds is 7. The van der Waals surface area contributed by atoms with E-state index < -0.39 is 0 Å². The van der Waals surface area contributed by atoms with Crippen LogP contribution in [0.2, 0.25) is 0 Å². The van der Waals surface area contributed by atoms with Gasteiger partial charge >= 0.3 is 0 Å². The second kappa shape index (κ2) is 10.0. The predicted molar refractivity (Wildman–Crippen MR) is 143 cm³/mol. The molecule has 0 saturated carbocycles. The van der Waals surface area contributed by atoms with E-state index >= 15 is 0 Å². The van der Waals surface area contributed by atoms with Crippen LogP contribution in [0.1, 0.15) is 41.5 Å². The van der Waals surface area contributed by atoms with Gasteiger partial charge in [0.1, 0.15) is 24.7 Å². The number of anilines is 1. The number of ketones is 1. The molecule has 38 heavy (non-hydrogen) atoms. The van der Waals surface area contributed by atoms with Crippen molar-refractivity contribution in [1.82, 2.24) is 14.8 Å². The molecule has 0 radical (unpaired) electrons. The Morgan fingerprint density at radius 3 is 2.58 bits per heavy atom. The van der Waals surface area contributed by atoms with Crippen molar-refractivity contribution < 1.29 is 19.0 Å². The second-order valence-electron chi connectivity index (χ2n) is 9.44. The van der Waals surface area contributed by atoms with Gasteiger partial charge in [-0.1, -0.05) is 48.5 Å². The molecule has 0 saturated heterocycles. The molecule has 8 nitrogen and oxygen atoms in total. The van der Waals surface area contributed by atoms with Crippen molar-refractivity contribution in [3.63, 3.8) is 0 Å². The van der Waals surface area contributed by atoms with E-state index in [1.165, 1.54) is 6.33 Å². The first kappa shape index (κ1) is 23.8. The van der Waals surface area contributed by atoms with Gasteiger partial charge < -0.3 is 19.5 Å². The number of carbonyl (C=O) groups is 1. The molecule has 0 spiro atoms. The maximum atomic E-state index is 13.8. The molecule has 1 N–H and O–H groups in total. The van der Waals surface area contributed by atoms with Crippen LogP contribution in [0.15, 0.2) is 90.4 Å². The largest absolute Gasteiger partial charge is 0.493 e. The fourth-order valence-corrected chi connectivity index (χ4v) is 5.32. The Morgan fingerprint density at radius 2 is 1.76 bits per heavy atom. The maximum absolute atomic E-state index is 13.8. The van der Waals surface area contributed by atoms with E-state index in [4.69, 9.17) is 14.2 Å². The smallest absolute Gasteiger partial charge is 0.226 e. The van der Waals surface area contributed by atoms with Crippen molar-refractivity contribution in [3.8, 4) is 17.2 Å². The van der Waals surface area contributed by atoms with Crippen LogP contribution in [-0.4, -0.2) is 34.8 Å². The van der Waals surface area contributed by atoms with Crippen LogP contribution in [0.3, 0.4) is 0 Å². The van der Waals surface area contributed by atoms with Crippen molar-refractivity contribution in [3.05, 3.63) is 107 Å². The summed E-state index contributed by atoms with van der Waals surface area (Å²) in [5, 5.41) is 7.85. The first-order chi connectivity index (χ1) is 18.6. The maximum Gasteiger partial charge on any atom is 0.226 e. The predicted octanol–water partition coefficient (Wildman–Crippen LogP) is 5.29. The summed E-state index contributed by atoms with van der Waals surface area (Å²) in [7, 11) is 3.23. The fraction of sp³-hybridized carbons (Fsp3) is 0.233. The Hall–Kier alpha value is -4.59. The van der Waals surface area contributed by atoms with Gasteiger partial charge in [-0.05, 0) is 53.3 Å². The lowest BCUT2D eigenvalue weighted by molar-refractivity contribution is -0.116. The summed E-state index contributed by atoms with van der Waals surface area (Å²) in [6, 6.07) is 23.4. The number of carbonyl (C=O) groups excluding carboxylic acids is 1. The van der Waals surface area contributed by atoms with E-state index in [-0.39, 0.29) is 17.7 Å². The first-order valence-corrected chi connectivity index (χ1v) is 12.6. The van der Waals surface area contributed by atoms with E-state index in [2.05, 4.69) is 15.4 Å². The minimum absolute atomic E-state index is 0.00391. The molecular formula is C30H28N4O4. The summed E-state index contributed by atoms with van der Waals surface area (Å²) < 4.78 is 18.8. The number of fused-ring (bicyclic) bond motifs is 1. The number of aromatic nitrogens is 3. The highest BCUT2D eigenvalue weighted by Crippen LogP contribution is 2.45. The van der Waals surface area contributed by atoms with E-state index in [1.807, 2.05) is 72.8 Å². The molecule has 2 atom stereocenters. The van der Waals surface area contributed by atoms with E-state index in [9.17, 15) is 4.79 Å². The SMILES string of the molecule is COc1ccc(C2CC(=O)C3=C(C2)Nc2ncnn2C3c2cccc(OCc3ccccc3)c2)cc1OC. The summed E-state index contributed by atoms with van der Waals surface area (Å²) in [6.45, 7) is 0.463. The Morgan fingerprint density at radius 1 is 0.921 bits per heavy atom. The summed E-state index contributed by atoms with van der Waals surface area (Å²) >= 11 is 0. The molecule has 6 rings (SSSR count). The summed E-state index contributed by atoms with van der Waals surface area (Å²) in [5.41, 5.74) is 4.65. The number of hydrogen-bond donors (Lipinski definition) is 1. The highest BCUT2D eigenvalue weighted by atomic mass is 16.5. The molecule has 3 aromatic carbocycles. The number of nitrogens with one attached hydrogen (secondary N) is 1. The lowest BCUT2D eigenvalue weighted by Crippen LogP contribution is -2.33. The number of nitrogens with zero attached hydrogens (tertiary/aromatic N) is 3. The Bertz CT molecular complexity index is 1510. The fourth-order valence-electron chi connectivity index (χ4n) is 5.32. The minimum atomic E-state index is -0.386. The summed E-state index contributed by atoms with van der Waals surface area (Å²) in [4.78, 5) is 18.2. The van der Waals surface area contributed by atoms with Crippen LogP contribution in [0.25, 0.3) is 0 Å². The van der Waals surface area contributed by atoms with Crippen LogP contribution in [0, 0.1) is 0 Å². The molecule has 4 aromatic rings. The van der Waals surface area contributed by atoms with Crippen LogP contribution in [0.5, 0.6) is 17.2 Å². The van der Waals surface area contributed by atoms with Crippen LogP contribution in [-0.2, 0) is 11.4 Å². The van der Waals surface area contributed by atoms with E-state index in [0.717, 1.165) is 33.7 Å². The summed E-state index contributed by atoms with van der Waals surface area (Å²) in [5.74, 6) is 2.75. The molecule has 0 bridgehead atoms. The molecule has 2 unspecified atom stereocenters. The monoisotopic (exact) mass is 508 g/mol. The number of hydrogen-bond acceptors (Lipinski definition) is 7. The van der Waals surface area contributed by atoms with Crippen molar-refractivity contribution in [2.24, 2.45) is 0 Å². The quantitative estimate of drug-likeness (QED) is 0.363. The molecule has 1 aliphatic carbocycles. The molecule has 192 valence electrons. The second-order valence-corrected chi connectivity index (χ2v) is 9.44. The topological polar surface area (TPSA) is 87.5 Å². The van der Waals surface area contributed by atoms with E-state index in [0.29, 0.717) is 36.9 Å². The highest BCUT2D eigenvalue weighted by molar-refractivity contribution is 6.00. The molecule has 0 amide bonds. The third kappa shape index (κ3) is 4.38.